The van der Waals surface area contributed by atoms with E-state index < -0.39 is 6.89 Å². The lowest BCUT2D eigenvalue weighted by molar-refractivity contribution is -0.116. The van der Waals surface area contributed by atoms with Crippen LogP contribution in [0.2, 0.25) is 0 Å². The zero-order valence-electron chi connectivity index (χ0n) is 18.3. The molecule has 31 heavy (non-hydrogen) atoms. The van der Waals surface area contributed by atoms with Gasteiger partial charge in [0, 0.05) is 5.92 Å². The second-order valence-electron chi connectivity index (χ2n) is 8.66. The molecule has 0 aliphatic heterocycles. The number of carbonyl (C=O) groups excluding carboxylic acids is 1. The predicted molar refractivity (Wildman–Crippen MR) is 137 cm³/mol. The molecule has 0 heterocycles. The molecule has 1 aliphatic rings. The van der Waals surface area contributed by atoms with Gasteiger partial charge in [-0.05, 0) is 41.4 Å². The molecule has 0 N–H and O–H groups in total. The normalized spacial score (nSPS) is 16.0. The third-order valence-electron chi connectivity index (χ3n) is 6.57. The standard InChI is InChI=1S/C29H33OP/c30-29(25-16-8-3-1-2-4-9-17-25)24-31(26-18-10-5-11-19-26,27-20-12-6-13-21-27)28-22-14-7-15-23-28/h5-7,10-15,18-25H,1-4,8-9,16-17H2. The molecule has 0 unspecified atom stereocenters. The Bertz CT molecular complexity index is 895. The fraction of sp³-hybridized carbons (Fsp3) is 0.310. The molecule has 1 nitrogen and oxygen atoms in total. The van der Waals surface area contributed by atoms with E-state index in [4.69, 9.17) is 0 Å². The van der Waals surface area contributed by atoms with E-state index in [1.807, 2.05) is 0 Å². The zero-order valence-corrected chi connectivity index (χ0v) is 19.2. The quantitative estimate of drug-likeness (QED) is 0.449. The maximum atomic E-state index is 13.9. The first kappa shape index (κ1) is 21.8. The van der Waals surface area contributed by atoms with Gasteiger partial charge in [0.2, 0.25) is 0 Å². The minimum absolute atomic E-state index is 0.161. The molecule has 0 radical (unpaired) electrons. The maximum absolute atomic E-state index is 13.9. The summed E-state index contributed by atoms with van der Waals surface area (Å²) in [5.74, 6) is 2.68. The smallest absolute Gasteiger partial charge is 0.159 e. The average molecular weight is 429 g/mol. The molecular formula is C29H33OP. The lowest BCUT2D eigenvalue weighted by Crippen LogP contribution is -2.30. The summed E-state index contributed by atoms with van der Waals surface area (Å²) in [5.41, 5.74) is 0. The topological polar surface area (TPSA) is 17.1 Å². The molecule has 0 aromatic heterocycles. The highest BCUT2D eigenvalue weighted by Crippen LogP contribution is 2.44. The van der Waals surface area contributed by atoms with Crippen molar-refractivity contribution < 1.29 is 4.79 Å². The molecule has 0 atom stereocenters. The van der Waals surface area contributed by atoms with E-state index in [-0.39, 0.29) is 5.92 Å². The summed E-state index contributed by atoms with van der Waals surface area (Å²) in [6.45, 7) is -2.19. The van der Waals surface area contributed by atoms with E-state index in [1.165, 1.54) is 54.4 Å². The van der Waals surface area contributed by atoms with Crippen LogP contribution in [-0.2, 0) is 4.79 Å². The van der Waals surface area contributed by atoms with Crippen molar-refractivity contribution in [2.75, 3.05) is 0 Å². The number of hydrogen-bond donors (Lipinski definition) is 0. The minimum Gasteiger partial charge on any atom is -0.294 e. The molecule has 1 saturated carbocycles. The van der Waals surface area contributed by atoms with Crippen molar-refractivity contribution in [2.24, 2.45) is 5.92 Å². The highest BCUT2D eigenvalue weighted by Gasteiger charge is 2.28. The summed E-state index contributed by atoms with van der Waals surface area (Å²) in [7, 11) is 0. The van der Waals surface area contributed by atoms with Gasteiger partial charge in [-0.3, -0.25) is 4.79 Å². The Kier molecular flexibility index (Phi) is 7.60. The zero-order chi connectivity index (χ0) is 21.4. The highest BCUT2D eigenvalue weighted by molar-refractivity contribution is 7.95. The average Bonchev–Trinajstić information content (AvgIpc) is 2.98. The van der Waals surface area contributed by atoms with Gasteiger partial charge in [0.05, 0.1) is 0 Å². The van der Waals surface area contributed by atoms with Gasteiger partial charge in [-0.25, -0.2) is 0 Å². The van der Waals surface area contributed by atoms with E-state index in [0.717, 1.165) is 12.8 Å². The van der Waals surface area contributed by atoms with E-state index in [1.54, 1.807) is 0 Å². The van der Waals surface area contributed by atoms with Crippen LogP contribution in [0.3, 0.4) is 0 Å². The van der Waals surface area contributed by atoms with Crippen LogP contribution in [0.25, 0.3) is 0 Å². The Labute approximate surface area is 187 Å². The van der Waals surface area contributed by atoms with Crippen LogP contribution in [-0.4, -0.2) is 11.6 Å². The minimum atomic E-state index is -2.19. The molecule has 2 heteroatoms. The molecule has 0 amide bonds. The first-order valence-corrected chi connectivity index (χ1v) is 13.6. The second kappa shape index (κ2) is 10.8. The second-order valence-corrected chi connectivity index (χ2v) is 11.9. The maximum Gasteiger partial charge on any atom is 0.159 e. The lowest BCUT2D eigenvalue weighted by Gasteiger charge is -2.29. The van der Waals surface area contributed by atoms with E-state index in [9.17, 15) is 4.79 Å². The molecule has 0 spiro atoms. The SMILES string of the molecule is O=C(C=P(c1ccccc1)(c1ccccc1)c1ccccc1)C1CCCCCCCC1. The van der Waals surface area contributed by atoms with Gasteiger partial charge in [0.15, 0.2) is 5.78 Å². The van der Waals surface area contributed by atoms with Crippen molar-refractivity contribution in [1.82, 2.24) is 0 Å². The van der Waals surface area contributed by atoms with E-state index >= 15 is 0 Å². The fourth-order valence-corrected chi connectivity index (χ4v) is 8.74. The predicted octanol–water partition coefficient (Wildman–Crippen LogP) is 6.10. The number of rotatable bonds is 5. The van der Waals surface area contributed by atoms with Crippen molar-refractivity contribution >= 4 is 34.4 Å². The van der Waals surface area contributed by atoms with Gasteiger partial charge in [0.1, 0.15) is 0 Å². The Morgan fingerprint density at radius 3 is 1.32 bits per heavy atom. The lowest BCUT2D eigenvalue weighted by atomic mass is 9.93. The van der Waals surface area contributed by atoms with Crippen LogP contribution >= 0.6 is 6.89 Å². The number of Topliss-reactive ketones (excluding diaryl/α,β-unsaturated/α-hetero) is 1. The van der Waals surface area contributed by atoms with Crippen LogP contribution in [0.4, 0.5) is 0 Å². The Balaban J connectivity index is 1.90. The molecule has 160 valence electrons. The summed E-state index contributed by atoms with van der Waals surface area (Å²) in [5, 5.41) is 3.76. The Morgan fingerprint density at radius 2 is 0.935 bits per heavy atom. The molecular weight excluding hydrogens is 395 g/mol. The fourth-order valence-electron chi connectivity index (χ4n) is 4.87. The van der Waals surface area contributed by atoms with Gasteiger partial charge in [-0.15, -0.1) is 0 Å². The van der Waals surface area contributed by atoms with Gasteiger partial charge < -0.3 is 0 Å². The van der Waals surface area contributed by atoms with Crippen LogP contribution in [0, 0.1) is 5.92 Å². The van der Waals surface area contributed by atoms with E-state index in [0.29, 0.717) is 5.78 Å². The number of benzene rings is 3. The number of hydrogen-bond acceptors (Lipinski definition) is 1. The van der Waals surface area contributed by atoms with Crippen molar-refractivity contribution in [3.8, 4) is 0 Å². The number of carbonyl (C=O) groups is 1. The summed E-state index contributed by atoms with van der Waals surface area (Å²) in [6, 6.07) is 32.1. The summed E-state index contributed by atoms with van der Waals surface area (Å²) in [6.07, 6.45) is 9.59. The first-order valence-electron chi connectivity index (χ1n) is 11.8. The van der Waals surface area contributed by atoms with Gasteiger partial charge >= 0.3 is 0 Å². The van der Waals surface area contributed by atoms with E-state index in [2.05, 4.69) is 96.8 Å². The summed E-state index contributed by atoms with van der Waals surface area (Å²) < 4.78 is 0. The first-order chi connectivity index (χ1) is 15.3. The van der Waals surface area contributed by atoms with Crippen LogP contribution in [0.1, 0.15) is 51.4 Å². The summed E-state index contributed by atoms with van der Waals surface area (Å²) in [4.78, 5) is 13.9. The molecule has 1 fully saturated rings. The molecule has 4 rings (SSSR count). The third kappa shape index (κ3) is 5.10. The van der Waals surface area contributed by atoms with Crippen molar-refractivity contribution in [3.63, 3.8) is 0 Å². The van der Waals surface area contributed by atoms with Gasteiger partial charge in [0.25, 0.3) is 0 Å². The third-order valence-corrected chi connectivity index (χ3v) is 10.5. The Hall–Kier alpha value is -2.37. The van der Waals surface area contributed by atoms with Gasteiger partial charge in [-0.2, -0.15) is 0 Å². The largest absolute Gasteiger partial charge is 0.294 e. The van der Waals surface area contributed by atoms with Crippen molar-refractivity contribution in [3.05, 3.63) is 91.0 Å². The molecule has 3 aromatic rings. The molecule has 1 aliphatic carbocycles. The highest BCUT2D eigenvalue weighted by atomic mass is 31.2. The molecule has 0 saturated heterocycles. The van der Waals surface area contributed by atoms with Crippen molar-refractivity contribution in [1.29, 1.82) is 0 Å². The van der Waals surface area contributed by atoms with Gasteiger partial charge in [-0.1, -0.05) is 130 Å². The van der Waals surface area contributed by atoms with Crippen LogP contribution in [0.15, 0.2) is 91.0 Å². The monoisotopic (exact) mass is 428 g/mol. The number of ketones is 1. The molecule has 0 bridgehead atoms. The van der Waals surface area contributed by atoms with Crippen LogP contribution in [0.5, 0.6) is 0 Å². The van der Waals surface area contributed by atoms with Crippen LogP contribution < -0.4 is 15.9 Å². The Morgan fingerprint density at radius 1 is 0.581 bits per heavy atom. The van der Waals surface area contributed by atoms with Crippen molar-refractivity contribution in [2.45, 2.75) is 51.4 Å². The molecule has 3 aromatic carbocycles. The summed E-state index contributed by atoms with van der Waals surface area (Å²) >= 11 is 0.